The maximum atomic E-state index is 11.4. The van der Waals surface area contributed by atoms with Crippen molar-refractivity contribution in [2.75, 3.05) is 20.3 Å². The normalized spacial score (nSPS) is 15.7. The summed E-state index contributed by atoms with van der Waals surface area (Å²) in [4.78, 5) is 11.4. The average Bonchev–Trinajstić information content (AvgIpc) is 2.60. The van der Waals surface area contributed by atoms with E-state index in [1.54, 1.807) is 19.1 Å². The number of carbonyl (C=O) groups excluding carboxylic acids is 1. The second kappa shape index (κ2) is 5.27. The Morgan fingerprint density at radius 2 is 1.94 bits per heavy atom. The topological polar surface area (TPSA) is 65.0 Å². The number of esters is 1. The van der Waals surface area contributed by atoms with E-state index in [4.69, 9.17) is 9.47 Å². The monoisotopic (exact) mass is 252 g/mol. The molecule has 2 rings (SSSR count). The third kappa shape index (κ3) is 2.41. The molecule has 5 nitrogen and oxygen atoms in total. The molecule has 0 saturated heterocycles. The molecule has 5 heteroatoms. The predicted octanol–water partition coefficient (Wildman–Crippen LogP) is 1.36. The van der Waals surface area contributed by atoms with Crippen molar-refractivity contribution in [3.63, 3.8) is 0 Å². The molecule has 0 saturated carbocycles. The molecular formula is C13H16O5. The van der Waals surface area contributed by atoms with Gasteiger partial charge in [0.15, 0.2) is 17.6 Å². The Hall–Kier alpha value is -1.75. The van der Waals surface area contributed by atoms with Gasteiger partial charge in [0.05, 0.1) is 20.3 Å². The standard InChI is InChI=1S/C13H16O5/c1-8-6-10-11(18-5-3-4-17-10)7-9(8)12(14)13(15)16-2/h6-7,12,14H,3-5H2,1-2H3. The number of carbonyl (C=O) groups is 1. The van der Waals surface area contributed by atoms with Crippen LogP contribution in [-0.2, 0) is 9.53 Å². The van der Waals surface area contributed by atoms with Crippen LogP contribution in [0.4, 0.5) is 0 Å². The SMILES string of the molecule is COC(=O)C(O)c1cc2c(cc1C)OCCCO2. The molecule has 0 fully saturated rings. The summed E-state index contributed by atoms with van der Waals surface area (Å²) in [6, 6.07) is 3.40. The van der Waals surface area contributed by atoms with Gasteiger partial charge in [-0.1, -0.05) is 0 Å². The number of methoxy groups -OCH3 is 1. The second-order valence-electron chi connectivity index (χ2n) is 4.13. The summed E-state index contributed by atoms with van der Waals surface area (Å²) in [5.74, 6) is 0.509. The smallest absolute Gasteiger partial charge is 0.339 e. The zero-order chi connectivity index (χ0) is 13.1. The number of aryl methyl sites for hydroxylation is 1. The summed E-state index contributed by atoms with van der Waals surface area (Å²) in [6.45, 7) is 2.96. The third-order valence-electron chi connectivity index (χ3n) is 2.86. The quantitative estimate of drug-likeness (QED) is 0.805. The van der Waals surface area contributed by atoms with Crippen molar-refractivity contribution in [3.05, 3.63) is 23.3 Å². The van der Waals surface area contributed by atoms with Gasteiger partial charge in [-0.25, -0.2) is 4.79 Å². The van der Waals surface area contributed by atoms with Gasteiger partial charge in [-0.3, -0.25) is 0 Å². The molecule has 1 heterocycles. The minimum Gasteiger partial charge on any atom is -0.490 e. The molecule has 1 aliphatic heterocycles. The largest absolute Gasteiger partial charge is 0.490 e. The third-order valence-corrected chi connectivity index (χ3v) is 2.86. The lowest BCUT2D eigenvalue weighted by molar-refractivity contribution is -0.150. The molecule has 1 aromatic carbocycles. The fraction of sp³-hybridized carbons (Fsp3) is 0.462. The molecule has 0 amide bonds. The Morgan fingerprint density at radius 1 is 1.33 bits per heavy atom. The van der Waals surface area contributed by atoms with E-state index in [1.807, 2.05) is 0 Å². The van der Waals surface area contributed by atoms with Crippen LogP contribution in [0.15, 0.2) is 12.1 Å². The number of aliphatic hydroxyl groups is 1. The van der Waals surface area contributed by atoms with Crippen LogP contribution in [0, 0.1) is 6.92 Å². The first-order valence-corrected chi connectivity index (χ1v) is 5.79. The molecule has 1 unspecified atom stereocenters. The molecule has 0 aliphatic carbocycles. The van der Waals surface area contributed by atoms with E-state index in [-0.39, 0.29) is 0 Å². The Labute approximate surface area is 105 Å². The van der Waals surface area contributed by atoms with E-state index in [2.05, 4.69) is 4.74 Å². The van der Waals surface area contributed by atoms with Gasteiger partial charge in [-0.2, -0.15) is 0 Å². The van der Waals surface area contributed by atoms with E-state index in [1.165, 1.54) is 7.11 Å². The predicted molar refractivity (Wildman–Crippen MR) is 63.8 cm³/mol. The second-order valence-corrected chi connectivity index (χ2v) is 4.13. The van der Waals surface area contributed by atoms with Crippen molar-refractivity contribution in [1.82, 2.24) is 0 Å². The van der Waals surface area contributed by atoms with Crippen LogP contribution < -0.4 is 9.47 Å². The Morgan fingerprint density at radius 3 is 2.56 bits per heavy atom. The number of rotatable bonds is 2. The first kappa shape index (κ1) is 12.7. The number of hydrogen-bond acceptors (Lipinski definition) is 5. The van der Waals surface area contributed by atoms with Gasteiger partial charge in [-0.15, -0.1) is 0 Å². The van der Waals surface area contributed by atoms with Gasteiger partial charge in [0.2, 0.25) is 0 Å². The average molecular weight is 252 g/mol. The Balaban J connectivity index is 2.37. The number of fused-ring (bicyclic) bond motifs is 1. The molecule has 1 aliphatic rings. The fourth-order valence-electron chi connectivity index (χ4n) is 1.86. The van der Waals surface area contributed by atoms with Crippen molar-refractivity contribution in [2.45, 2.75) is 19.4 Å². The summed E-state index contributed by atoms with van der Waals surface area (Å²) in [5.41, 5.74) is 1.24. The number of benzene rings is 1. The van der Waals surface area contributed by atoms with Crippen molar-refractivity contribution in [1.29, 1.82) is 0 Å². The molecule has 0 bridgehead atoms. The lowest BCUT2D eigenvalue weighted by atomic mass is 10.0. The van der Waals surface area contributed by atoms with E-state index in [9.17, 15) is 9.90 Å². The van der Waals surface area contributed by atoms with E-state index >= 15 is 0 Å². The first-order valence-electron chi connectivity index (χ1n) is 5.79. The maximum absolute atomic E-state index is 11.4. The summed E-state index contributed by atoms with van der Waals surface area (Å²) in [6.07, 6.45) is -0.491. The zero-order valence-electron chi connectivity index (χ0n) is 10.4. The highest BCUT2D eigenvalue weighted by Gasteiger charge is 2.23. The van der Waals surface area contributed by atoms with Crippen LogP contribution in [0.1, 0.15) is 23.7 Å². The number of ether oxygens (including phenoxy) is 3. The molecule has 18 heavy (non-hydrogen) atoms. The Kier molecular flexibility index (Phi) is 3.72. The van der Waals surface area contributed by atoms with Crippen LogP contribution in [0.25, 0.3) is 0 Å². The van der Waals surface area contributed by atoms with Crippen LogP contribution in [0.3, 0.4) is 0 Å². The van der Waals surface area contributed by atoms with Crippen molar-refractivity contribution >= 4 is 5.97 Å². The van der Waals surface area contributed by atoms with Crippen LogP contribution in [-0.4, -0.2) is 31.4 Å². The summed E-state index contributed by atoms with van der Waals surface area (Å²) >= 11 is 0. The lowest BCUT2D eigenvalue weighted by Gasteiger charge is -2.15. The van der Waals surface area contributed by atoms with Crippen LogP contribution in [0.2, 0.25) is 0 Å². The highest BCUT2D eigenvalue weighted by atomic mass is 16.5. The molecule has 0 aromatic heterocycles. The first-order chi connectivity index (χ1) is 8.63. The fourth-order valence-corrected chi connectivity index (χ4v) is 1.86. The van der Waals surface area contributed by atoms with Crippen LogP contribution >= 0.6 is 0 Å². The summed E-state index contributed by atoms with van der Waals surface area (Å²) in [7, 11) is 1.24. The van der Waals surface area contributed by atoms with Gasteiger partial charge in [0.25, 0.3) is 0 Å². The van der Waals surface area contributed by atoms with Gasteiger partial charge in [0.1, 0.15) is 0 Å². The van der Waals surface area contributed by atoms with Crippen molar-refractivity contribution in [3.8, 4) is 11.5 Å². The minimum absolute atomic E-state index is 0.478. The van der Waals surface area contributed by atoms with Crippen LogP contribution in [0.5, 0.6) is 11.5 Å². The number of hydrogen-bond donors (Lipinski definition) is 1. The van der Waals surface area contributed by atoms with E-state index in [0.717, 1.165) is 12.0 Å². The van der Waals surface area contributed by atoms with Gasteiger partial charge >= 0.3 is 5.97 Å². The van der Waals surface area contributed by atoms with E-state index < -0.39 is 12.1 Å². The molecule has 1 N–H and O–H groups in total. The van der Waals surface area contributed by atoms with Gasteiger partial charge in [-0.05, 0) is 30.2 Å². The lowest BCUT2D eigenvalue weighted by Crippen LogP contribution is -2.14. The van der Waals surface area contributed by atoms with Gasteiger partial charge < -0.3 is 19.3 Å². The maximum Gasteiger partial charge on any atom is 0.339 e. The molecule has 1 aromatic rings. The minimum atomic E-state index is -1.30. The Bertz CT molecular complexity index is 455. The van der Waals surface area contributed by atoms with Crippen molar-refractivity contribution < 1.29 is 24.1 Å². The summed E-state index contributed by atoms with van der Waals surface area (Å²) < 4.78 is 15.6. The molecule has 0 radical (unpaired) electrons. The highest BCUT2D eigenvalue weighted by molar-refractivity contribution is 5.77. The summed E-state index contributed by atoms with van der Waals surface area (Å²) in [5, 5.41) is 9.87. The molecule has 1 atom stereocenters. The number of aliphatic hydroxyl groups excluding tert-OH is 1. The van der Waals surface area contributed by atoms with Crippen molar-refractivity contribution in [2.24, 2.45) is 0 Å². The molecular weight excluding hydrogens is 236 g/mol. The zero-order valence-corrected chi connectivity index (χ0v) is 10.4. The highest BCUT2D eigenvalue weighted by Crippen LogP contribution is 2.35. The molecule has 98 valence electrons. The van der Waals surface area contributed by atoms with E-state index in [0.29, 0.717) is 30.3 Å². The molecule has 0 spiro atoms. The van der Waals surface area contributed by atoms with Gasteiger partial charge in [0, 0.05) is 6.42 Å².